The van der Waals surface area contributed by atoms with E-state index in [1.165, 1.54) is 11.8 Å². The molecule has 0 aliphatic rings. The minimum atomic E-state index is 0.436. The van der Waals surface area contributed by atoms with Gasteiger partial charge in [0.2, 0.25) is 0 Å². The van der Waals surface area contributed by atoms with Gasteiger partial charge in [0.1, 0.15) is 0 Å². The van der Waals surface area contributed by atoms with Crippen molar-refractivity contribution >= 4 is 39.1 Å². The van der Waals surface area contributed by atoms with Crippen LogP contribution in [-0.2, 0) is 0 Å². The quantitative estimate of drug-likeness (QED) is 0.525. The van der Waals surface area contributed by atoms with Crippen LogP contribution >= 0.6 is 11.8 Å². The van der Waals surface area contributed by atoms with Crippen molar-refractivity contribution in [3.63, 3.8) is 0 Å². The Morgan fingerprint density at radius 1 is 1.00 bits per heavy atom. The summed E-state index contributed by atoms with van der Waals surface area (Å²) in [6, 6.07) is 23.7. The summed E-state index contributed by atoms with van der Waals surface area (Å²) in [5.41, 5.74) is 2.45. The molecule has 0 aromatic heterocycles. The average molecular weight is 317 g/mol. The molecule has 0 atom stereocenters. The SMILES string of the molecule is CSC(=N)N(c1ccc(C#N)cc1)c1cccc2ccccc12. The molecule has 0 spiro atoms. The molecule has 3 aromatic carbocycles. The zero-order valence-electron chi connectivity index (χ0n) is 12.7. The molecule has 0 unspecified atom stereocenters. The van der Waals surface area contributed by atoms with Crippen LogP contribution in [0.2, 0.25) is 0 Å². The van der Waals surface area contributed by atoms with Gasteiger partial charge in [0.05, 0.1) is 17.3 Å². The third kappa shape index (κ3) is 2.92. The molecule has 4 heteroatoms. The number of hydrogen-bond acceptors (Lipinski definition) is 3. The predicted octanol–water partition coefficient (Wildman–Crippen LogP) is 5.15. The van der Waals surface area contributed by atoms with Crippen molar-refractivity contribution in [3.8, 4) is 6.07 Å². The molecule has 23 heavy (non-hydrogen) atoms. The van der Waals surface area contributed by atoms with E-state index in [0.29, 0.717) is 10.7 Å². The number of anilines is 2. The number of benzene rings is 3. The number of fused-ring (bicyclic) bond motifs is 1. The molecule has 0 saturated heterocycles. The first-order valence-electron chi connectivity index (χ1n) is 7.15. The zero-order valence-corrected chi connectivity index (χ0v) is 13.5. The van der Waals surface area contributed by atoms with Gasteiger partial charge in [0.25, 0.3) is 0 Å². The van der Waals surface area contributed by atoms with Gasteiger partial charge in [-0.2, -0.15) is 5.26 Å². The van der Waals surface area contributed by atoms with E-state index in [0.717, 1.165) is 22.1 Å². The van der Waals surface area contributed by atoms with E-state index < -0.39 is 0 Å². The molecule has 3 nitrogen and oxygen atoms in total. The molecular weight excluding hydrogens is 302 g/mol. The van der Waals surface area contributed by atoms with Crippen LogP contribution < -0.4 is 4.90 Å². The molecule has 3 aromatic rings. The van der Waals surface area contributed by atoms with Gasteiger partial charge >= 0.3 is 0 Å². The summed E-state index contributed by atoms with van der Waals surface area (Å²) in [5.74, 6) is 0. The number of hydrogen-bond donors (Lipinski definition) is 1. The van der Waals surface area contributed by atoms with Gasteiger partial charge in [0.15, 0.2) is 5.17 Å². The van der Waals surface area contributed by atoms with E-state index in [4.69, 9.17) is 10.7 Å². The molecule has 0 aliphatic carbocycles. The Morgan fingerprint density at radius 2 is 1.70 bits per heavy atom. The van der Waals surface area contributed by atoms with Crippen molar-refractivity contribution in [1.29, 1.82) is 10.7 Å². The van der Waals surface area contributed by atoms with Crippen LogP contribution in [0.1, 0.15) is 5.56 Å². The van der Waals surface area contributed by atoms with Gasteiger partial charge < -0.3 is 0 Å². The highest BCUT2D eigenvalue weighted by Gasteiger charge is 2.16. The van der Waals surface area contributed by atoms with Gasteiger partial charge in [-0.25, -0.2) is 0 Å². The van der Waals surface area contributed by atoms with Gasteiger partial charge in [-0.3, -0.25) is 10.3 Å². The van der Waals surface area contributed by atoms with Crippen molar-refractivity contribution in [2.24, 2.45) is 0 Å². The number of rotatable bonds is 2. The highest BCUT2D eigenvalue weighted by molar-refractivity contribution is 8.13. The van der Waals surface area contributed by atoms with Gasteiger partial charge in [-0.1, -0.05) is 48.2 Å². The van der Waals surface area contributed by atoms with E-state index in [-0.39, 0.29) is 0 Å². The number of thioether (sulfide) groups is 1. The highest BCUT2D eigenvalue weighted by Crippen LogP contribution is 2.34. The molecule has 0 radical (unpaired) electrons. The fraction of sp³-hybridized carbons (Fsp3) is 0.0526. The maximum atomic E-state index is 8.97. The molecule has 112 valence electrons. The Labute approximate surface area is 139 Å². The first kappa shape index (κ1) is 15.1. The highest BCUT2D eigenvalue weighted by atomic mass is 32.2. The Morgan fingerprint density at radius 3 is 2.39 bits per heavy atom. The van der Waals surface area contributed by atoms with E-state index in [2.05, 4.69) is 24.3 Å². The lowest BCUT2D eigenvalue weighted by Crippen LogP contribution is -2.22. The first-order valence-corrected chi connectivity index (χ1v) is 8.37. The fourth-order valence-corrected chi connectivity index (χ4v) is 2.93. The third-order valence-corrected chi connectivity index (χ3v) is 4.23. The van der Waals surface area contributed by atoms with Gasteiger partial charge in [-0.05, 0) is 42.0 Å². The predicted molar refractivity (Wildman–Crippen MR) is 98.5 cm³/mol. The molecule has 1 N–H and O–H groups in total. The van der Waals surface area contributed by atoms with Crippen molar-refractivity contribution in [1.82, 2.24) is 0 Å². The maximum absolute atomic E-state index is 8.97. The molecular formula is C19H15N3S. The second-order valence-corrected chi connectivity index (χ2v) is 5.80. The minimum Gasteiger partial charge on any atom is -0.289 e. The van der Waals surface area contributed by atoms with Crippen LogP contribution in [0.3, 0.4) is 0 Å². The Kier molecular flexibility index (Phi) is 4.31. The molecule has 3 rings (SSSR count). The number of nitriles is 1. The van der Waals surface area contributed by atoms with Crippen LogP contribution in [0.15, 0.2) is 66.7 Å². The second kappa shape index (κ2) is 6.55. The smallest absolute Gasteiger partial charge is 0.165 e. The monoisotopic (exact) mass is 317 g/mol. The minimum absolute atomic E-state index is 0.436. The van der Waals surface area contributed by atoms with Crippen LogP contribution in [0.5, 0.6) is 0 Å². The number of nitrogens with one attached hydrogen (secondary N) is 1. The summed E-state index contributed by atoms with van der Waals surface area (Å²) < 4.78 is 0. The summed E-state index contributed by atoms with van der Waals surface area (Å²) in [5, 5.41) is 20.0. The second-order valence-electron chi connectivity index (χ2n) is 5.00. The Balaban J connectivity index is 2.19. The van der Waals surface area contributed by atoms with Crippen LogP contribution in [0.25, 0.3) is 10.8 Å². The molecule has 0 aliphatic heterocycles. The van der Waals surface area contributed by atoms with Crippen LogP contribution in [-0.4, -0.2) is 11.4 Å². The molecule has 0 saturated carbocycles. The summed E-state index contributed by atoms with van der Waals surface area (Å²) >= 11 is 1.39. The van der Waals surface area contributed by atoms with E-state index in [9.17, 15) is 0 Å². The summed E-state index contributed by atoms with van der Waals surface area (Å²) in [6.07, 6.45) is 1.89. The molecule has 0 bridgehead atoms. The largest absolute Gasteiger partial charge is 0.289 e. The molecule has 0 heterocycles. The van der Waals surface area contributed by atoms with Crippen LogP contribution in [0, 0.1) is 16.7 Å². The van der Waals surface area contributed by atoms with Gasteiger partial charge in [-0.15, -0.1) is 0 Å². The normalized spacial score (nSPS) is 10.3. The molecule has 0 amide bonds. The van der Waals surface area contributed by atoms with Crippen molar-refractivity contribution in [2.75, 3.05) is 11.2 Å². The topological polar surface area (TPSA) is 50.9 Å². The fourth-order valence-electron chi connectivity index (χ4n) is 2.55. The van der Waals surface area contributed by atoms with Crippen molar-refractivity contribution in [3.05, 3.63) is 72.3 Å². The Bertz CT molecular complexity index is 889. The lowest BCUT2D eigenvalue weighted by molar-refractivity contribution is 1.34. The maximum Gasteiger partial charge on any atom is 0.165 e. The van der Waals surface area contributed by atoms with Crippen molar-refractivity contribution in [2.45, 2.75) is 0 Å². The summed E-state index contributed by atoms with van der Waals surface area (Å²) in [7, 11) is 0. The lowest BCUT2D eigenvalue weighted by Gasteiger charge is -2.25. The number of amidine groups is 1. The van der Waals surface area contributed by atoms with E-state index >= 15 is 0 Å². The molecule has 0 fully saturated rings. The van der Waals surface area contributed by atoms with Gasteiger partial charge in [0, 0.05) is 11.1 Å². The van der Waals surface area contributed by atoms with Crippen LogP contribution in [0.4, 0.5) is 11.4 Å². The zero-order chi connectivity index (χ0) is 16.2. The van der Waals surface area contributed by atoms with E-state index in [1.54, 1.807) is 12.1 Å². The lowest BCUT2D eigenvalue weighted by atomic mass is 10.1. The standard InChI is InChI=1S/C19H15N3S/c1-23-19(21)22(16-11-9-14(13-20)10-12-16)18-8-4-6-15-5-2-3-7-17(15)18/h2-12,21H,1H3. The third-order valence-electron chi connectivity index (χ3n) is 3.66. The van der Waals surface area contributed by atoms with E-state index in [1.807, 2.05) is 47.6 Å². The Hall–Kier alpha value is -2.77. The summed E-state index contributed by atoms with van der Waals surface area (Å²) in [6.45, 7) is 0. The van der Waals surface area contributed by atoms with Crippen molar-refractivity contribution < 1.29 is 0 Å². The average Bonchev–Trinajstić information content (AvgIpc) is 2.62. The first-order chi connectivity index (χ1) is 11.2. The number of nitrogens with zero attached hydrogens (tertiary/aromatic N) is 2. The summed E-state index contributed by atoms with van der Waals surface area (Å²) in [4.78, 5) is 1.91.